The lowest BCUT2D eigenvalue weighted by atomic mass is 8.96. The van der Waals surface area contributed by atoms with Crippen LogP contribution in [0.3, 0.4) is 0 Å². The number of hydrogen-bond donors (Lipinski definition) is 0. The van der Waals surface area contributed by atoms with Gasteiger partial charge in [-0.2, -0.15) is 0 Å². The van der Waals surface area contributed by atoms with Crippen LogP contribution < -0.4 is 0 Å². The second kappa shape index (κ2) is 3.27. The first kappa shape index (κ1) is 17.5. The normalized spacial score (nSPS) is 85.1. The van der Waals surface area contributed by atoms with E-state index in [0.717, 1.165) is 17.8 Å². The summed E-state index contributed by atoms with van der Waals surface area (Å²) >= 11 is 0. The maximum absolute atomic E-state index is 2.86. The van der Waals surface area contributed by atoms with Gasteiger partial charge in [0, 0.05) is 0 Å². The molecule has 0 nitrogen and oxygen atoms in total. The van der Waals surface area contributed by atoms with Crippen molar-refractivity contribution < 1.29 is 0 Å². The molecule has 0 aliphatic heterocycles. The van der Waals surface area contributed by atoms with E-state index in [1.54, 1.807) is 19.3 Å². The monoisotopic (exact) mass is 392 g/mol. The van der Waals surface area contributed by atoms with Crippen LogP contribution in [0, 0.1) is 77.3 Å². The van der Waals surface area contributed by atoms with Crippen molar-refractivity contribution in [2.45, 2.75) is 102 Å². The zero-order valence-electron chi connectivity index (χ0n) is 21.1. The van der Waals surface area contributed by atoms with Gasteiger partial charge in [-0.15, -0.1) is 0 Å². The van der Waals surface area contributed by atoms with Crippen LogP contribution >= 0.6 is 0 Å². The zero-order valence-corrected chi connectivity index (χ0v) is 21.1. The molecule has 9 rings (SSSR count). The fourth-order valence-corrected chi connectivity index (χ4v) is 17.8. The van der Waals surface area contributed by atoms with Crippen LogP contribution in [0.25, 0.3) is 0 Å². The first-order valence-corrected chi connectivity index (χ1v) is 13.0. The van der Waals surface area contributed by atoms with Crippen molar-refractivity contribution in [3.63, 3.8) is 0 Å². The highest BCUT2D eigenvalue weighted by Crippen LogP contribution is 3.16. The smallest absolute Gasteiger partial charge is 0.0138 e. The predicted octanol–water partition coefficient (Wildman–Crippen LogP) is 7.57. The van der Waals surface area contributed by atoms with Gasteiger partial charge in [0.15, 0.2) is 0 Å². The Kier molecular flexibility index (Phi) is 1.98. The Hall–Kier alpha value is 0. The lowest BCUT2D eigenvalue weighted by Gasteiger charge is -3.08. The van der Waals surface area contributed by atoms with Gasteiger partial charge in [0.1, 0.15) is 0 Å². The molecular formula is C29H44. The zero-order chi connectivity index (χ0) is 21.1. The predicted molar refractivity (Wildman–Crippen MR) is 118 cm³/mol. The Morgan fingerprint density at radius 1 is 0.586 bits per heavy atom. The van der Waals surface area contributed by atoms with Gasteiger partial charge in [-0.25, -0.2) is 0 Å². The fraction of sp³-hybridized carbons (Fsp3) is 1.00. The van der Waals surface area contributed by atoms with Crippen LogP contribution in [0.2, 0.25) is 0 Å². The molecule has 0 aromatic heterocycles. The maximum atomic E-state index is 2.86. The molecule has 29 heavy (non-hydrogen) atoms. The first-order chi connectivity index (χ1) is 13.0. The van der Waals surface area contributed by atoms with Crippen LogP contribution in [0.1, 0.15) is 102 Å². The largest absolute Gasteiger partial charge is 0.0616 e. The number of rotatable bonds is 0. The van der Waals surface area contributed by atoms with Crippen molar-refractivity contribution >= 4 is 0 Å². The van der Waals surface area contributed by atoms with Crippen molar-refractivity contribution in [3.8, 4) is 0 Å². The first-order valence-electron chi connectivity index (χ1n) is 13.0. The fourth-order valence-electron chi connectivity index (χ4n) is 17.8. The minimum Gasteiger partial charge on any atom is -0.0616 e. The van der Waals surface area contributed by atoms with Crippen molar-refractivity contribution in [3.05, 3.63) is 0 Å². The quantitative estimate of drug-likeness (QED) is 0.398. The lowest BCUT2D eigenvalue weighted by molar-refractivity contribution is -0.612. The van der Waals surface area contributed by atoms with E-state index in [2.05, 4.69) is 76.2 Å². The lowest BCUT2D eigenvalue weighted by Crippen LogP contribution is -3.04. The van der Waals surface area contributed by atoms with E-state index in [1.807, 2.05) is 0 Å². The highest BCUT2D eigenvalue weighted by Gasteiger charge is 3.12. The SMILES string of the molecule is CC1C2C34CC5(C)C6(C)CC7(C)CC8(C6)C3C(C)(C78C)C4(C)C2(C)C(C)(C)C15C. The molecule has 9 saturated carbocycles. The standard InChI is InChI=1S/C29H44/c1-16-17-24(8)19(2,3)23(16,7)22(6)15-29(17)18-25(9,27(24,29)11)26(10)21(5)12-20(22,4)13-28(18,26)14-21/h16-18H,12-15H2,1-11H3. The van der Waals surface area contributed by atoms with Crippen LogP contribution in [0.4, 0.5) is 0 Å². The molecule has 9 fully saturated rings. The topological polar surface area (TPSA) is 0 Å². The molecule has 0 amide bonds. The summed E-state index contributed by atoms with van der Waals surface area (Å²) in [6.07, 6.45) is 6.19. The summed E-state index contributed by atoms with van der Waals surface area (Å²) in [7, 11) is 0. The van der Waals surface area contributed by atoms with Gasteiger partial charge in [0.2, 0.25) is 0 Å². The average Bonchev–Trinajstić information content (AvgIpc) is 2.66. The average molecular weight is 393 g/mol. The Morgan fingerprint density at radius 2 is 1.17 bits per heavy atom. The molecule has 9 aliphatic carbocycles. The molecule has 0 saturated heterocycles. The molecule has 13 atom stereocenters. The van der Waals surface area contributed by atoms with Gasteiger partial charge in [0.25, 0.3) is 0 Å². The Morgan fingerprint density at radius 3 is 1.79 bits per heavy atom. The van der Waals surface area contributed by atoms with E-state index >= 15 is 0 Å². The molecule has 2 spiro atoms. The van der Waals surface area contributed by atoms with Crippen LogP contribution in [0.15, 0.2) is 0 Å². The second-order valence-electron chi connectivity index (χ2n) is 16.5. The van der Waals surface area contributed by atoms with Gasteiger partial charge in [-0.3, -0.25) is 0 Å². The van der Waals surface area contributed by atoms with E-state index in [9.17, 15) is 0 Å². The minimum absolute atomic E-state index is 0.409. The van der Waals surface area contributed by atoms with Crippen LogP contribution in [-0.2, 0) is 0 Å². The maximum Gasteiger partial charge on any atom is -0.0138 e. The summed E-state index contributed by atoms with van der Waals surface area (Å²) in [6.45, 7) is 30.7. The molecule has 160 valence electrons. The summed E-state index contributed by atoms with van der Waals surface area (Å²) in [5, 5.41) is 0. The number of fused-ring (bicyclic) bond motifs is 5. The van der Waals surface area contributed by atoms with Gasteiger partial charge in [-0.05, 0) is 103 Å². The molecule has 0 heterocycles. The Labute approximate surface area is 179 Å². The third-order valence-electron chi connectivity index (χ3n) is 18.4. The summed E-state index contributed by atoms with van der Waals surface area (Å²) in [4.78, 5) is 0. The highest BCUT2D eigenvalue weighted by atomic mass is 15.2. The number of hydrogen-bond acceptors (Lipinski definition) is 0. The van der Waals surface area contributed by atoms with Crippen molar-refractivity contribution in [1.82, 2.24) is 0 Å². The molecule has 0 N–H and O–H groups in total. The summed E-state index contributed by atoms with van der Waals surface area (Å²) in [5.74, 6) is 2.88. The second-order valence-corrected chi connectivity index (χ2v) is 16.5. The van der Waals surface area contributed by atoms with Crippen LogP contribution in [0.5, 0.6) is 0 Å². The summed E-state index contributed by atoms with van der Waals surface area (Å²) in [6, 6.07) is 0. The van der Waals surface area contributed by atoms with Gasteiger partial charge in [-0.1, -0.05) is 76.2 Å². The molecule has 0 aromatic carbocycles. The molecule has 9 aliphatic rings. The van der Waals surface area contributed by atoms with Crippen LogP contribution in [-0.4, -0.2) is 0 Å². The van der Waals surface area contributed by atoms with Gasteiger partial charge >= 0.3 is 0 Å². The molecule has 0 radical (unpaired) electrons. The Balaban J connectivity index is 1.59. The summed E-state index contributed by atoms with van der Waals surface area (Å²) < 4.78 is 0. The third kappa shape index (κ3) is 0.798. The van der Waals surface area contributed by atoms with E-state index in [0.29, 0.717) is 59.6 Å². The van der Waals surface area contributed by atoms with Crippen molar-refractivity contribution in [2.24, 2.45) is 77.3 Å². The minimum atomic E-state index is 0.409. The molecule has 13 unspecified atom stereocenters. The third-order valence-corrected chi connectivity index (χ3v) is 18.4. The van der Waals surface area contributed by atoms with Gasteiger partial charge < -0.3 is 0 Å². The molecular weight excluding hydrogens is 348 g/mol. The van der Waals surface area contributed by atoms with Crippen molar-refractivity contribution in [1.29, 1.82) is 0 Å². The molecule has 0 aromatic rings. The molecule has 0 heteroatoms. The summed E-state index contributed by atoms with van der Waals surface area (Å²) in [5.41, 5.74) is 5.96. The highest BCUT2D eigenvalue weighted by molar-refractivity contribution is 5.59. The van der Waals surface area contributed by atoms with E-state index < -0.39 is 0 Å². The molecule has 7 bridgehead atoms. The van der Waals surface area contributed by atoms with E-state index in [4.69, 9.17) is 0 Å². The Bertz CT molecular complexity index is 992. The van der Waals surface area contributed by atoms with Gasteiger partial charge in [0.05, 0.1) is 0 Å². The van der Waals surface area contributed by atoms with E-state index in [1.165, 1.54) is 6.42 Å². The van der Waals surface area contributed by atoms with Crippen molar-refractivity contribution in [2.75, 3.05) is 0 Å². The van der Waals surface area contributed by atoms with E-state index in [-0.39, 0.29) is 0 Å².